The van der Waals surface area contributed by atoms with Gasteiger partial charge in [0.2, 0.25) is 0 Å². The van der Waals surface area contributed by atoms with Gasteiger partial charge in [0.1, 0.15) is 17.3 Å². The summed E-state index contributed by atoms with van der Waals surface area (Å²) in [7, 11) is 0. The minimum atomic E-state index is 0.722. The molecule has 0 atom stereocenters. The van der Waals surface area contributed by atoms with E-state index in [1.54, 1.807) is 0 Å². The molecule has 1 aliphatic heterocycles. The van der Waals surface area contributed by atoms with Gasteiger partial charge in [0.15, 0.2) is 0 Å². The molecular formula is C16H22N4O. The zero-order valence-electron chi connectivity index (χ0n) is 12.5. The molecule has 3 heterocycles. The van der Waals surface area contributed by atoms with Crippen LogP contribution in [0.5, 0.6) is 0 Å². The summed E-state index contributed by atoms with van der Waals surface area (Å²) < 4.78 is 8.12. The molecule has 0 aromatic carbocycles. The van der Waals surface area contributed by atoms with E-state index in [1.807, 2.05) is 6.20 Å². The quantitative estimate of drug-likeness (QED) is 0.914. The number of fused-ring (bicyclic) bond motifs is 1. The molecule has 2 aromatic rings. The van der Waals surface area contributed by atoms with Crippen LogP contribution in [0.15, 0.2) is 22.9 Å². The van der Waals surface area contributed by atoms with Gasteiger partial charge in [0.05, 0.1) is 13.1 Å². The van der Waals surface area contributed by atoms with E-state index in [-0.39, 0.29) is 0 Å². The van der Waals surface area contributed by atoms with Crippen LogP contribution in [-0.4, -0.2) is 27.0 Å². The molecule has 0 unspecified atom stereocenters. The minimum absolute atomic E-state index is 0.722. The first kappa shape index (κ1) is 13.1. The number of aryl methyl sites for hydroxylation is 1. The summed E-state index contributed by atoms with van der Waals surface area (Å²) in [5, 5.41) is 3.51. The summed E-state index contributed by atoms with van der Waals surface area (Å²) in [5.41, 5.74) is 1.31. The Morgan fingerprint density at radius 1 is 1.38 bits per heavy atom. The fraction of sp³-hybridized carbons (Fsp3) is 0.562. The zero-order chi connectivity index (χ0) is 14.2. The smallest absolute Gasteiger partial charge is 0.122 e. The number of hydrogen-bond acceptors (Lipinski definition) is 4. The van der Waals surface area contributed by atoms with E-state index in [2.05, 4.69) is 39.0 Å². The first-order valence-corrected chi connectivity index (χ1v) is 7.82. The lowest BCUT2D eigenvalue weighted by Gasteiger charge is -2.27. The van der Waals surface area contributed by atoms with Gasteiger partial charge >= 0.3 is 0 Å². The van der Waals surface area contributed by atoms with Crippen LogP contribution < -0.4 is 5.32 Å². The summed E-state index contributed by atoms with van der Waals surface area (Å²) in [4.78, 5) is 6.86. The largest absolute Gasteiger partial charge is 0.465 e. The van der Waals surface area contributed by atoms with Crippen molar-refractivity contribution in [3.63, 3.8) is 0 Å². The van der Waals surface area contributed by atoms with Gasteiger partial charge in [0.25, 0.3) is 0 Å². The highest BCUT2D eigenvalue weighted by Gasteiger charge is 2.22. The lowest BCUT2D eigenvalue weighted by molar-refractivity contribution is 0.207. The highest BCUT2D eigenvalue weighted by Crippen LogP contribution is 2.22. The van der Waals surface area contributed by atoms with Gasteiger partial charge in [-0.05, 0) is 25.8 Å². The van der Waals surface area contributed by atoms with E-state index in [0.29, 0.717) is 0 Å². The van der Waals surface area contributed by atoms with E-state index >= 15 is 0 Å². The Labute approximate surface area is 125 Å². The van der Waals surface area contributed by atoms with Crippen molar-refractivity contribution in [3.05, 3.63) is 41.4 Å². The molecule has 0 saturated heterocycles. The SMILES string of the molecule is Cc1oc(CNC2CC2)cc1CN1CCn2ccnc2C1. The predicted molar refractivity (Wildman–Crippen MR) is 79.6 cm³/mol. The van der Waals surface area contributed by atoms with Gasteiger partial charge < -0.3 is 14.3 Å². The van der Waals surface area contributed by atoms with Crippen molar-refractivity contribution in [1.82, 2.24) is 19.8 Å². The van der Waals surface area contributed by atoms with E-state index in [1.165, 1.54) is 18.4 Å². The maximum absolute atomic E-state index is 5.88. The molecule has 0 radical (unpaired) electrons. The summed E-state index contributed by atoms with van der Waals surface area (Å²) in [6, 6.07) is 2.94. The molecule has 2 aromatic heterocycles. The number of furan rings is 1. The van der Waals surface area contributed by atoms with Gasteiger partial charge in [-0.15, -0.1) is 0 Å². The molecular weight excluding hydrogens is 264 g/mol. The molecule has 5 nitrogen and oxygen atoms in total. The van der Waals surface area contributed by atoms with Crippen molar-refractivity contribution < 1.29 is 4.42 Å². The number of nitrogens with zero attached hydrogens (tertiary/aromatic N) is 3. The van der Waals surface area contributed by atoms with E-state index in [0.717, 1.165) is 56.1 Å². The van der Waals surface area contributed by atoms with Crippen molar-refractivity contribution in [1.29, 1.82) is 0 Å². The van der Waals surface area contributed by atoms with Crippen molar-refractivity contribution in [2.24, 2.45) is 0 Å². The van der Waals surface area contributed by atoms with Crippen LogP contribution in [0.3, 0.4) is 0 Å². The molecule has 5 heteroatoms. The van der Waals surface area contributed by atoms with Crippen molar-refractivity contribution in [2.45, 2.75) is 52.0 Å². The van der Waals surface area contributed by atoms with Gasteiger partial charge in [-0.2, -0.15) is 0 Å². The van der Waals surface area contributed by atoms with E-state index in [9.17, 15) is 0 Å². The predicted octanol–water partition coefficient (Wildman–Crippen LogP) is 2.05. The lowest BCUT2D eigenvalue weighted by Crippen LogP contribution is -2.33. The van der Waals surface area contributed by atoms with Crippen molar-refractivity contribution in [3.8, 4) is 0 Å². The minimum Gasteiger partial charge on any atom is -0.465 e. The normalized spacial score (nSPS) is 18.9. The summed E-state index contributed by atoms with van der Waals surface area (Å²) in [5.74, 6) is 3.28. The van der Waals surface area contributed by atoms with Crippen LogP contribution in [0.25, 0.3) is 0 Å². The molecule has 4 rings (SSSR count). The molecule has 21 heavy (non-hydrogen) atoms. The fourth-order valence-corrected chi connectivity index (χ4v) is 2.96. The van der Waals surface area contributed by atoms with Crippen LogP contribution >= 0.6 is 0 Å². The third-order valence-corrected chi connectivity index (χ3v) is 4.43. The molecule has 1 N–H and O–H groups in total. The number of aromatic nitrogens is 2. The second-order valence-electron chi connectivity index (χ2n) is 6.20. The molecule has 2 aliphatic rings. The Morgan fingerprint density at radius 2 is 2.29 bits per heavy atom. The monoisotopic (exact) mass is 286 g/mol. The first-order chi connectivity index (χ1) is 10.3. The average Bonchev–Trinajstić information content (AvgIpc) is 3.08. The Hall–Kier alpha value is -1.59. The van der Waals surface area contributed by atoms with Gasteiger partial charge in [-0.25, -0.2) is 4.98 Å². The van der Waals surface area contributed by atoms with Crippen molar-refractivity contribution in [2.75, 3.05) is 6.54 Å². The van der Waals surface area contributed by atoms with Gasteiger partial charge in [-0.3, -0.25) is 4.90 Å². The van der Waals surface area contributed by atoms with Crippen LogP contribution in [0.1, 0.15) is 35.7 Å². The molecule has 1 saturated carbocycles. The number of imidazole rings is 1. The van der Waals surface area contributed by atoms with Crippen LogP contribution in [0.2, 0.25) is 0 Å². The standard InChI is InChI=1S/C16H22N4O/c1-12-13(8-15(21-12)9-18-14-2-3-14)10-19-6-7-20-5-4-17-16(20)11-19/h4-5,8,14,18H,2-3,6-7,9-11H2,1H3. The highest BCUT2D eigenvalue weighted by molar-refractivity contribution is 5.21. The van der Waals surface area contributed by atoms with Crippen LogP contribution in [-0.2, 0) is 26.2 Å². The Balaban J connectivity index is 1.40. The molecule has 0 bridgehead atoms. The second kappa shape index (κ2) is 5.31. The van der Waals surface area contributed by atoms with Crippen molar-refractivity contribution >= 4 is 0 Å². The first-order valence-electron chi connectivity index (χ1n) is 7.82. The van der Waals surface area contributed by atoms with Gasteiger partial charge in [0, 0.05) is 43.6 Å². The highest BCUT2D eigenvalue weighted by atomic mass is 16.3. The Morgan fingerprint density at radius 3 is 3.14 bits per heavy atom. The molecule has 1 fully saturated rings. The van der Waals surface area contributed by atoms with E-state index < -0.39 is 0 Å². The number of nitrogens with one attached hydrogen (secondary N) is 1. The van der Waals surface area contributed by atoms with Crippen LogP contribution in [0.4, 0.5) is 0 Å². The molecule has 112 valence electrons. The summed E-state index contributed by atoms with van der Waals surface area (Å²) in [6.45, 7) is 6.90. The summed E-state index contributed by atoms with van der Waals surface area (Å²) in [6.07, 6.45) is 6.58. The maximum atomic E-state index is 5.88. The molecule has 1 aliphatic carbocycles. The Bertz CT molecular complexity index is 626. The Kier molecular flexibility index (Phi) is 3.31. The zero-order valence-corrected chi connectivity index (χ0v) is 12.5. The lowest BCUT2D eigenvalue weighted by atomic mass is 10.2. The molecule has 0 amide bonds. The molecule has 0 spiro atoms. The average molecular weight is 286 g/mol. The van der Waals surface area contributed by atoms with Crippen LogP contribution in [0, 0.1) is 6.92 Å². The third kappa shape index (κ3) is 2.89. The number of rotatable bonds is 5. The second-order valence-corrected chi connectivity index (χ2v) is 6.20. The van der Waals surface area contributed by atoms with E-state index in [4.69, 9.17) is 4.42 Å². The third-order valence-electron chi connectivity index (χ3n) is 4.43. The topological polar surface area (TPSA) is 46.2 Å². The van der Waals surface area contributed by atoms with Gasteiger partial charge in [-0.1, -0.05) is 0 Å². The number of hydrogen-bond donors (Lipinski definition) is 1. The fourth-order valence-electron chi connectivity index (χ4n) is 2.96. The maximum Gasteiger partial charge on any atom is 0.122 e. The summed E-state index contributed by atoms with van der Waals surface area (Å²) >= 11 is 0.